The van der Waals surface area contributed by atoms with Crippen LogP contribution in [0.1, 0.15) is 0 Å². The first kappa shape index (κ1) is 28.7. The first-order valence-corrected chi connectivity index (χ1v) is 20.0. The van der Waals surface area contributed by atoms with Gasteiger partial charge in [0.15, 0.2) is 5.58 Å². The van der Waals surface area contributed by atoms with E-state index in [-0.39, 0.29) is 0 Å². The van der Waals surface area contributed by atoms with Crippen LogP contribution in [0.3, 0.4) is 0 Å². The van der Waals surface area contributed by atoms with Crippen molar-refractivity contribution in [1.29, 1.82) is 0 Å². The highest BCUT2D eigenvalue weighted by Crippen LogP contribution is 2.53. The van der Waals surface area contributed by atoms with E-state index in [0.717, 1.165) is 49.5 Å². The standard InChI is InChI=1S/C46H23N3OS3/c1-2-11-26-24(9-1)19-22-29-40-43(50-42(26)29)41(30-13-8-18-37-45(30)53-36-17-6-5-16-35(36)51-37)48-46(47-40)49-32-14-7-10-25-20-21-28-39(38(25)32)33(49)23-31-27-12-3-4-15-34(27)52-44(28)31/h1-23H. The molecule has 7 heteroatoms. The van der Waals surface area contributed by atoms with Crippen molar-refractivity contribution in [2.24, 2.45) is 0 Å². The van der Waals surface area contributed by atoms with Crippen molar-refractivity contribution >= 4 is 120 Å². The van der Waals surface area contributed by atoms with Gasteiger partial charge in [-0.25, -0.2) is 9.97 Å². The van der Waals surface area contributed by atoms with Gasteiger partial charge >= 0.3 is 0 Å². The Bertz CT molecular complexity index is 3540. The van der Waals surface area contributed by atoms with E-state index in [1.807, 2.05) is 34.9 Å². The molecule has 4 nitrogen and oxygen atoms in total. The van der Waals surface area contributed by atoms with Crippen molar-refractivity contribution in [3.05, 3.63) is 140 Å². The molecule has 0 N–H and O–H groups in total. The van der Waals surface area contributed by atoms with Gasteiger partial charge in [-0.3, -0.25) is 4.57 Å². The third-order valence-electron chi connectivity index (χ3n) is 10.8. The zero-order valence-corrected chi connectivity index (χ0v) is 30.2. The summed E-state index contributed by atoms with van der Waals surface area (Å²) in [5.74, 6) is 0.638. The Balaban J connectivity index is 1.19. The summed E-state index contributed by atoms with van der Waals surface area (Å²) in [6.45, 7) is 0. The molecule has 0 spiro atoms. The Morgan fingerprint density at radius 1 is 0.509 bits per heavy atom. The van der Waals surface area contributed by atoms with E-state index >= 15 is 0 Å². The maximum absolute atomic E-state index is 6.94. The van der Waals surface area contributed by atoms with Crippen molar-refractivity contribution in [1.82, 2.24) is 14.5 Å². The molecule has 4 aromatic heterocycles. The van der Waals surface area contributed by atoms with Crippen LogP contribution in [0.2, 0.25) is 0 Å². The van der Waals surface area contributed by atoms with Crippen LogP contribution in [0.15, 0.2) is 164 Å². The first-order chi connectivity index (χ1) is 26.3. The number of hydrogen-bond donors (Lipinski definition) is 0. The molecule has 0 aliphatic carbocycles. The molecule has 246 valence electrons. The minimum Gasteiger partial charge on any atom is -0.451 e. The van der Waals surface area contributed by atoms with Gasteiger partial charge in [0.1, 0.15) is 16.8 Å². The summed E-state index contributed by atoms with van der Waals surface area (Å²) in [6.07, 6.45) is 0. The Kier molecular flexibility index (Phi) is 5.62. The highest BCUT2D eigenvalue weighted by molar-refractivity contribution is 8.05. The molecule has 0 unspecified atom stereocenters. The number of nitrogens with zero attached hydrogens (tertiary/aromatic N) is 3. The van der Waals surface area contributed by atoms with Gasteiger partial charge in [0.2, 0.25) is 5.95 Å². The average Bonchev–Trinajstić information content (AvgIpc) is 3.89. The third-order valence-corrected chi connectivity index (χ3v) is 14.7. The number of rotatable bonds is 2. The number of aromatic nitrogens is 3. The molecule has 0 saturated carbocycles. The summed E-state index contributed by atoms with van der Waals surface area (Å²) in [4.78, 5) is 16.0. The highest BCUT2D eigenvalue weighted by atomic mass is 32.2. The van der Waals surface area contributed by atoms with Gasteiger partial charge in [-0.1, -0.05) is 121 Å². The van der Waals surface area contributed by atoms with E-state index in [2.05, 4.69) is 144 Å². The van der Waals surface area contributed by atoms with Crippen molar-refractivity contribution in [2.75, 3.05) is 0 Å². The SMILES string of the molecule is c1ccc2c(c1)Sc1cccc(-c3nc(-n4c5cccc6ccc7c8sc9ccccc9c8cc4c7c65)nc4c3oc3c5ccccc5ccc43)c1S2. The Hall–Kier alpha value is -5.86. The molecule has 0 amide bonds. The highest BCUT2D eigenvalue weighted by Gasteiger charge is 2.27. The molecular formula is C46H23N3OS3. The van der Waals surface area contributed by atoms with Gasteiger partial charge < -0.3 is 4.42 Å². The monoisotopic (exact) mass is 729 g/mol. The van der Waals surface area contributed by atoms with Gasteiger partial charge in [-0.05, 0) is 53.2 Å². The van der Waals surface area contributed by atoms with Gasteiger partial charge in [-0.15, -0.1) is 11.3 Å². The lowest BCUT2D eigenvalue weighted by molar-refractivity contribution is 0.670. The maximum Gasteiger partial charge on any atom is 0.236 e. The summed E-state index contributed by atoms with van der Waals surface area (Å²) in [6, 6.07) is 50.2. The van der Waals surface area contributed by atoms with E-state index in [1.54, 1.807) is 0 Å². The molecule has 13 rings (SSSR count). The minimum absolute atomic E-state index is 0.638. The minimum atomic E-state index is 0.638. The average molecular weight is 730 g/mol. The number of furan rings is 1. The topological polar surface area (TPSA) is 43.9 Å². The zero-order valence-electron chi connectivity index (χ0n) is 27.8. The first-order valence-electron chi connectivity index (χ1n) is 17.6. The van der Waals surface area contributed by atoms with Crippen LogP contribution in [-0.2, 0) is 0 Å². The summed E-state index contributed by atoms with van der Waals surface area (Å²) in [5.41, 5.74) is 6.42. The van der Waals surface area contributed by atoms with Crippen molar-refractivity contribution in [2.45, 2.75) is 19.6 Å². The number of benzene rings is 8. The second-order valence-corrected chi connectivity index (χ2v) is 16.9. The van der Waals surface area contributed by atoms with Crippen LogP contribution in [0.4, 0.5) is 0 Å². The fraction of sp³-hybridized carbons (Fsp3) is 0. The molecule has 5 heterocycles. The predicted octanol–water partition coefficient (Wildman–Crippen LogP) is 13.9. The largest absolute Gasteiger partial charge is 0.451 e. The van der Waals surface area contributed by atoms with Crippen molar-refractivity contribution in [3.8, 4) is 17.2 Å². The fourth-order valence-corrected chi connectivity index (χ4v) is 12.1. The number of fused-ring (bicyclic) bond motifs is 11. The molecule has 1 aliphatic rings. The predicted molar refractivity (Wildman–Crippen MR) is 223 cm³/mol. The molecule has 12 aromatic rings. The quantitative estimate of drug-likeness (QED) is 0.166. The summed E-state index contributed by atoms with van der Waals surface area (Å²) < 4.78 is 11.9. The van der Waals surface area contributed by atoms with Crippen LogP contribution in [0.5, 0.6) is 0 Å². The van der Waals surface area contributed by atoms with E-state index < -0.39 is 0 Å². The van der Waals surface area contributed by atoms with Gasteiger partial charge in [-0.2, -0.15) is 0 Å². The molecule has 0 saturated heterocycles. The maximum atomic E-state index is 6.94. The molecule has 8 aromatic carbocycles. The van der Waals surface area contributed by atoms with Crippen LogP contribution in [0, 0.1) is 0 Å². The van der Waals surface area contributed by atoms with Crippen molar-refractivity contribution in [3.63, 3.8) is 0 Å². The molecular weight excluding hydrogens is 707 g/mol. The number of thiophene rings is 1. The normalized spacial score (nSPS) is 13.1. The van der Waals surface area contributed by atoms with Crippen molar-refractivity contribution < 1.29 is 4.42 Å². The Morgan fingerprint density at radius 2 is 1.26 bits per heavy atom. The third kappa shape index (κ3) is 3.83. The second-order valence-electron chi connectivity index (χ2n) is 13.7. The fourth-order valence-electron chi connectivity index (χ4n) is 8.52. The zero-order chi connectivity index (χ0) is 34.4. The molecule has 1 aliphatic heterocycles. The lowest BCUT2D eigenvalue weighted by Gasteiger charge is -2.21. The van der Waals surface area contributed by atoms with Gasteiger partial charge in [0.25, 0.3) is 0 Å². The molecule has 53 heavy (non-hydrogen) atoms. The Labute approximate surface area is 314 Å². The van der Waals surface area contributed by atoms with E-state index in [1.165, 1.54) is 61.3 Å². The van der Waals surface area contributed by atoms with Crippen LogP contribution in [0.25, 0.3) is 103 Å². The van der Waals surface area contributed by atoms with E-state index in [4.69, 9.17) is 14.4 Å². The lowest BCUT2D eigenvalue weighted by atomic mass is 10.00. The van der Waals surface area contributed by atoms with Crippen LogP contribution in [-0.4, -0.2) is 14.5 Å². The smallest absolute Gasteiger partial charge is 0.236 e. The second kappa shape index (κ2) is 10.4. The Morgan fingerprint density at radius 3 is 2.21 bits per heavy atom. The summed E-state index contributed by atoms with van der Waals surface area (Å²) in [7, 11) is 0. The molecule has 0 fully saturated rings. The van der Waals surface area contributed by atoms with E-state index in [0.29, 0.717) is 11.5 Å². The van der Waals surface area contributed by atoms with Gasteiger partial charge in [0, 0.05) is 72.2 Å². The molecule has 0 radical (unpaired) electrons. The molecule has 0 bridgehead atoms. The van der Waals surface area contributed by atoms with Gasteiger partial charge in [0.05, 0.1) is 11.0 Å². The van der Waals surface area contributed by atoms with E-state index in [9.17, 15) is 0 Å². The summed E-state index contributed by atoms with van der Waals surface area (Å²) >= 11 is 5.50. The molecule has 0 atom stereocenters. The van der Waals surface area contributed by atoms with Crippen LogP contribution < -0.4 is 0 Å². The summed E-state index contributed by atoms with van der Waals surface area (Å²) in [5, 5.41) is 10.7. The lowest BCUT2D eigenvalue weighted by Crippen LogP contribution is -2.03. The number of hydrogen-bond acceptors (Lipinski definition) is 6. The van der Waals surface area contributed by atoms with Crippen LogP contribution >= 0.6 is 34.9 Å².